The van der Waals surface area contributed by atoms with E-state index in [9.17, 15) is 0 Å². The number of aliphatic imine (C=N–C) groups is 1. The van der Waals surface area contributed by atoms with E-state index in [1.807, 2.05) is 0 Å². The molecule has 0 spiro atoms. The summed E-state index contributed by atoms with van der Waals surface area (Å²) >= 11 is 0. The van der Waals surface area contributed by atoms with Crippen LogP contribution in [0.4, 0.5) is 0 Å². The summed E-state index contributed by atoms with van der Waals surface area (Å²) in [5, 5.41) is 3.42. The summed E-state index contributed by atoms with van der Waals surface area (Å²) in [4.78, 5) is 4.59. The average molecular weight is 266 g/mol. The van der Waals surface area contributed by atoms with E-state index in [-0.39, 0.29) is 0 Å². The topological polar surface area (TPSA) is 62.4 Å². The monoisotopic (exact) mass is 266 g/mol. The van der Waals surface area contributed by atoms with Crippen LogP contribution in [0.25, 0.3) is 0 Å². The van der Waals surface area contributed by atoms with E-state index in [1.54, 1.807) is 0 Å². The zero-order valence-corrected chi connectivity index (χ0v) is 12.3. The molecule has 0 amide bonds. The molecule has 2 fully saturated rings. The first-order valence-electron chi connectivity index (χ1n) is 8.05. The molecule has 0 radical (unpaired) electrons. The van der Waals surface area contributed by atoms with Gasteiger partial charge >= 0.3 is 0 Å². The standard InChI is InChI=1S/C15H30N4/c1-12-6-8-13(9-7-12)10-11-17-15(19-16)18-14-4-2-3-5-14/h12-14H,2-11,16H2,1H3,(H2,17,18,19). The summed E-state index contributed by atoms with van der Waals surface area (Å²) in [5.41, 5.74) is 2.71. The summed E-state index contributed by atoms with van der Waals surface area (Å²) in [7, 11) is 0. The number of nitrogens with two attached hydrogens (primary N) is 1. The quantitative estimate of drug-likeness (QED) is 0.317. The molecule has 0 aliphatic heterocycles. The molecule has 110 valence electrons. The molecule has 2 saturated carbocycles. The van der Waals surface area contributed by atoms with Crippen molar-refractivity contribution in [3.05, 3.63) is 0 Å². The highest BCUT2D eigenvalue weighted by Gasteiger charge is 2.18. The van der Waals surface area contributed by atoms with Crippen LogP contribution in [-0.4, -0.2) is 18.5 Å². The molecular formula is C15H30N4. The maximum atomic E-state index is 5.55. The molecule has 0 saturated heterocycles. The fourth-order valence-electron chi connectivity index (χ4n) is 3.37. The highest BCUT2D eigenvalue weighted by atomic mass is 15.3. The summed E-state index contributed by atoms with van der Waals surface area (Å²) < 4.78 is 0. The van der Waals surface area contributed by atoms with Crippen LogP contribution in [0.1, 0.15) is 64.7 Å². The van der Waals surface area contributed by atoms with Gasteiger partial charge in [-0.15, -0.1) is 0 Å². The molecule has 0 aromatic rings. The SMILES string of the molecule is CC1CCC(CCN=C(NN)NC2CCCC2)CC1. The first-order valence-corrected chi connectivity index (χ1v) is 8.05. The second kappa shape index (κ2) is 7.73. The highest BCUT2D eigenvalue weighted by molar-refractivity contribution is 5.79. The third kappa shape index (κ3) is 5.01. The van der Waals surface area contributed by atoms with Gasteiger partial charge in [-0.2, -0.15) is 0 Å². The van der Waals surface area contributed by atoms with Gasteiger partial charge in [-0.3, -0.25) is 10.4 Å². The van der Waals surface area contributed by atoms with E-state index in [4.69, 9.17) is 5.84 Å². The van der Waals surface area contributed by atoms with Crippen molar-refractivity contribution in [1.82, 2.24) is 10.7 Å². The summed E-state index contributed by atoms with van der Waals surface area (Å²) in [6.07, 6.45) is 11.9. The van der Waals surface area contributed by atoms with E-state index >= 15 is 0 Å². The summed E-state index contributed by atoms with van der Waals surface area (Å²) in [6, 6.07) is 0.574. The van der Waals surface area contributed by atoms with Gasteiger partial charge in [-0.25, -0.2) is 5.84 Å². The van der Waals surface area contributed by atoms with Crippen LogP contribution >= 0.6 is 0 Å². The molecule has 4 nitrogen and oxygen atoms in total. The molecule has 0 heterocycles. The van der Waals surface area contributed by atoms with Gasteiger partial charge in [-0.05, 0) is 31.1 Å². The molecule has 4 heteroatoms. The second-order valence-electron chi connectivity index (χ2n) is 6.41. The number of hydrogen-bond acceptors (Lipinski definition) is 2. The molecule has 2 rings (SSSR count). The fourth-order valence-corrected chi connectivity index (χ4v) is 3.37. The number of nitrogens with zero attached hydrogens (tertiary/aromatic N) is 1. The van der Waals surface area contributed by atoms with Crippen molar-refractivity contribution in [2.75, 3.05) is 6.54 Å². The van der Waals surface area contributed by atoms with Crippen LogP contribution in [0.2, 0.25) is 0 Å². The molecule has 19 heavy (non-hydrogen) atoms. The molecular weight excluding hydrogens is 236 g/mol. The normalized spacial score (nSPS) is 29.5. The van der Waals surface area contributed by atoms with Crippen LogP contribution in [0.3, 0.4) is 0 Å². The third-order valence-electron chi connectivity index (χ3n) is 4.78. The van der Waals surface area contributed by atoms with Crippen molar-refractivity contribution in [2.45, 2.75) is 70.8 Å². The number of nitrogens with one attached hydrogen (secondary N) is 2. The Hall–Kier alpha value is -0.770. The molecule has 2 aliphatic rings. The van der Waals surface area contributed by atoms with Crippen LogP contribution in [0.15, 0.2) is 4.99 Å². The van der Waals surface area contributed by atoms with E-state index in [2.05, 4.69) is 22.7 Å². The number of hydrogen-bond donors (Lipinski definition) is 3. The zero-order chi connectivity index (χ0) is 13.5. The molecule has 4 N–H and O–H groups in total. The van der Waals surface area contributed by atoms with Gasteiger partial charge < -0.3 is 5.32 Å². The Labute approximate surface area is 117 Å². The Morgan fingerprint density at radius 2 is 1.79 bits per heavy atom. The predicted molar refractivity (Wildman–Crippen MR) is 80.8 cm³/mol. The summed E-state index contributed by atoms with van der Waals surface area (Å²) in [5.74, 6) is 8.15. The first-order chi connectivity index (χ1) is 9.28. The molecule has 0 aromatic carbocycles. The van der Waals surface area contributed by atoms with Crippen molar-refractivity contribution in [3.8, 4) is 0 Å². The minimum absolute atomic E-state index is 0.574. The van der Waals surface area contributed by atoms with E-state index < -0.39 is 0 Å². The van der Waals surface area contributed by atoms with Gasteiger partial charge in [0.2, 0.25) is 5.96 Å². The Morgan fingerprint density at radius 3 is 2.42 bits per heavy atom. The molecule has 0 unspecified atom stereocenters. The number of rotatable bonds is 4. The smallest absolute Gasteiger partial charge is 0.205 e. The van der Waals surface area contributed by atoms with Gasteiger partial charge in [0.1, 0.15) is 0 Å². The van der Waals surface area contributed by atoms with Gasteiger partial charge in [0.15, 0.2) is 0 Å². The van der Waals surface area contributed by atoms with Crippen LogP contribution < -0.4 is 16.6 Å². The van der Waals surface area contributed by atoms with Crippen LogP contribution in [-0.2, 0) is 0 Å². The second-order valence-corrected chi connectivity index (χ2v) is 6.41. The van der Waals surface area contributed by atoms with E-state index in [0.717, 1.165) is 24.3 Å². The van der Waals surface area contributed by atoms with Crippen molar-refractivity contribution in [2.24, 2.45) is 22.7 Å². The molecule has 2 aliphatic carbocycles. The maximum Gasteiger partial charge on any atom is 0.205 e. The average Bonchev–Trinajstić information content (AvgIpc) is 2.93. The van der Waals surface area contributed by atoms with Gasteiger partial charge in [0.05, 0.1) is 0 Å². The highest BCUT2D eigenvalue weighted by Crippen LogP contribution is 2.30. The minimum atomic E-state index is 0.574. The van der Waals surface area contributed by atoms with E-state index in [1.165, 1.54) is 57.8 Å². The van der Waals surface area contributed by atoms with Crippen LogP contribution in [0.5, 0.6) is 0 Å². The van der Waals surface area contributed by atoms with Crippen molar-refractivity contribution in [1.29, 1.82) is 0 Å². The lowest BCUT2D eigenvalue weighted by Gasteiger charge is -2.25. The Morgan fingerprint density at radius 1 is 1.11 bits per heavy atom. The predicted octanol–water partition coefficient (Wildman–Crippen LogP) is 2.55. The lowest BCUT2D eigenvalue weighted by atomic mass is 9.81. The summed E-state index contributed by atoms with van der Waals surface area (Å²) in [6.45, 7) is 3.27. The maximum absolute atomic E-state index is 5.55. The van der Waals surface area contributed by atoms with Crippen LogP contribution in [0, 0.1) is 11.8 Å². The Balaban J connectivity index is 1.67. The Bertz CT molecular complexity index is 276. The lowest BCUT2D eigenvalue weighted by Crippen LogP contribution is -2.45. The van der Waals surface area contributed by atoms with Crippen molar-refractivity contribution >= 4 is 5.96 Å². The molecule has 0 bridgehead atoms. The van der Waals surface area contributed by atoms with E-state index in [0.29, 0.717) is 6.04 Å². The van der Waals surface area contributed by atoms with Gasteiger partial charge in [0, 0.05) is 12.6 Å². The number of guanidine groups is 1. The Kier molecular flexibility index (Phi) is 5.95. The fraction of sp³-hybridized carbons (Fsp3) is 0.933. The minimum Gasteiger partial charge on any atom is -0.353 e. The lowest BCUT2D eigenvalue weighted by molar-refractivity contribution is 0.280. The number of hydrazine groups is 1. The zero-order valence-electron chi connectivity index (χ0n) is 12.3. The third-order valence-corrected chi connectivity index (χ3v) is 4.78. The molecule has 0 atom stereocenters. The van der Waals surface area contributed by atoms with Gasteiger partial charge in [-0.1, -0.05) is 45.4 Å². The van der Waals surface area contributed by atoms with Gasteiger partial charge in [0.25, 0.3) is 0 Å². The first kappa shape index (κ1) is 14.6. The molecule has 0 aromatic heterocycles. The van der Waals surface area contributed by atoms with Crippen molar-refractivity contribution < 1.29 is 0 Å². The largest absolute Gasteiger partial charge is 0.353 e. The van der Waals surface area contributed by atoms with Crippen molar-refractivity contribution in [3.63, 3.8) is 0 Å².